The minimum absolute atomic E-state index is 0.167. The van der Waals surface area contributed by atoms with Gasteiger partial charge >= 0.3 is 0 Å². The summed E-state index contributed by atoms with van der Waals surface area (Å²) in [7, 11) is 0. The fourth-order valence-corrected chi connectivity index (χ4v) is 3.71. The molecule has 0 aromatic carbocycles. The second kappa shape index (κ2) is 4.70. The Morgan fingerprint density at radius 1 is 1.57 bits per heavy atom. The van der Waals surface area contributed by atoms with Crippen LogP contribution in [0.2, 0.25) is 0 Å². The second-order valence-corrected chi connectivity index (χ2v) is 6.37. The van der Waals surface area contributed by atoms with Gasteiger partial charge in [-0.05, 0) is 6.92 Å². The highest BCUT2D eigenvalue weighted by atomic mass is 16.6. The number of imidazole rings is 1. The molecular formula is C14H21N7O2. The first-order valence-corrected chi connectivity index (χ1v) is 7.60. The zero-order valence-electron chi connectivity index (χ0n) is 12.9. The predicted octanol–water partition coefficient (Wildman–Crippen LogP) is -0.326. The van der Waals surface area contributed by atoms with Gasteiger partial charge in [0.25, 0.3) is 0 Å². The number of aliphatic imine (C=N–C) groups is 1. The van der Waals surface area contributed by atoms with Gasteiger partial charge in [-0.15, -0.1) is 0 Å². The van der Waals surface area contributed by atoms with Crippen LogP contribution in [0.1, 0.15) is 31.6 Å². The first-order chi connectivity index (χ1) is 11.0. The van der Waals surface area contributed by atoms with Crippen molar-refractivity contribution in [3.8, 4) is 0 Å². The van der Waals surface area contributed by atoms with Gasteiger partial charge in [0.2, 0.25) is 0 Å². The molecule has 0 amide bonds. The first-order valence-electron chi connectivity index (χ1n) is 7.60. The largest absolute Gasteiger partial charge is 0.499 e. The number of nitrogens with one attached hydrogen (secondary N) is 1. The SMILES string of the molecule is C/C=C/OC[C@H]1OC2(n3cnc4c3NC(N)=NC4N)CC1(N)C2. The molecule has 1 aromatic rings. The summed E-state index contributed by atoms with van der Waals surface area (Å²) >= 11 is 0. The number of aromatic nitrogens is 2. The third-order valence-corrected chi connectivity index (χ3v) is 4.73. The van der Waals surface area contributed by atoms with Gasteiger partial charge in [-0.1, -0.05) is 6.08 Å². The van der Waals surface area contributed by atoms with Crippen molar-refractivity contribution >= 4 is 11.8 Å². The van der Waals surface area contributed by atoms with Crippen molar-refractivity contribution < 1.29 is 9.47 Å². The third kappa shape index (κ3) is 1.97. The van der Waals surface area contributed by atoms with E-state index in [-0.39, 0.29) is 17.6 Å². The van der Waals surface area contributed by atoms with Crippen molar-refractivity contribution in [2.45, 2.75) is 43.3 Å². The Morgan fingerprint density at radius 2 is 2.35 bits per heavy atom. The summed E-state index contributed by atoms with van der Waals surface area (Å²) in [6, 6.07) is 0. The van der Waals surface area contributed by atoms with Crippen LogP contribution >= 0.6 is 0 Å². The average molecular weight is 319 g/mol. The Labute approximate surface area is 133 Å². The molecule has 0 spiro atoms. The van der Waals surface area contributed by atoms with E-state index in [1.165, 1.54) is 0 Å². The molecular weight excluding hydrogens is 298 g/mol. The lowest BCUT2D eigenvalue weighted by Gasteiger charge is -2.44. The maximum atomic E-state index is 6.44. The van der Waals surface area contributed by atoms with Gasteiger partial charge in [-0.25, -0.2) is 9.98 Å². The predicted molar refractivity (Wildman–Crippen MR) is 84.2 cm³/mol. The molecule has 9 nitrogen and oxygen atoms in total. The van der Waals surface area contributed by atoms with Gasteiger partial charge in [0, 0.05) is 12.8 Å². The molecule has 4 aliphatic rings. The van der Waals surface area contributed by atoms with Gasteiger partial charge < -0.3 is 32.0 Å². The van der Waals surface area contributed by atoms with Crippen molar-refractivity contribution in [1.82, 2.24) is 9.55 Å². The Morgan fingerprint density at radius 3 is 3.09 bits per heavy atom. The molecule has 3 fully saturated rings. The molecule has 2 bridgehead atoms. The Bertz CT molecular complexity index is 689. The van der Waals surface area contributed by atoms with Crippen LogP contribution in [-0.2, 0) is 15.2 Å². The number of nitrogens with zero attached hydrogens (tertiary/aromatic N) is 3. The van der Waals surface area contributed by atoms with Crippen LogP contribution in [0, 0.1) is 0 Å². The molecule has 23 heavy (non-hydrogen) atoms. The molecule has 1 aromatic heterocycles. The number of allylic oxidation sites excluding steroid dienone is 1. The Hall–Kier alpha value is -2.10. The number of ether oxygens (including phenoxy) is 2. The molecule has 1 saturated carbocycles. The van der Waals surface area contributed by atoms with Crippen molar-refractivity contribution in [2.24, 2.45) is 22.2 Å². The topological polar surface area (TPSA) is 139 Å². The summed E-state index contributed by atoms with van der Waals surface area (Å²) < 4.78 is 13.6. The third-order valence-electron chi connectivity index (χ3n) is 4.73. The Kier molecular flexibility index (Phi) is 2.96. The quantitative estimate of drug-likeness (QED) is 0.557. The average Bonchev–Trinajstić information content (AvgIpc) is 3.07. The van der Waals surface area contributed by atoms with Gasteiger partial charge in [0.15, 0.2) is 11.7 Å². The molecule has 1 aliphatic carbocycles. The van der Waals surface area contributed by atoms with Crippen LogP contribution in [-0.4, -0.2) is 33.8 Å². The molecule has 9 heteroatoms. The molecule has 0 radical (unpaired) electrons. The molecule has 2 saturated heterocycles. The zero-order chi connectivity index (χ0) is 16.2. The maximum Gasteiger partial charge on any atom is 0.196 e. The van der Waals surface area contributed by atoms with Crippen LogP contribution < -0.4 is 22.5 Å². The van der Waals surface area contributed by atoms with Crippen molar-refractivity contribution in [3.05, 3.63) is 24.4 Å². The van der Waals surface area contributed by atoms with E-state index in [0.717, 1.165) is 5.82 Å². The zero-order valence-corrected chi connectivity index (χ0v) is 12.9. The van der Waals surface area contributed by atoms with E-state index >= 15 is 0 Å². The molecule has 3 aliphatic heterocycles. The highest BCUT2D eigenvalue weighted by Crippen LogP contribution is 2.58. The lowest BCUT2D eigenvalue weighted by molar-refractivity contribution is -0.0973. The van der Waals surface area contributed by atoms with E-state index in [4.69, 9.17) is 26.7 Å². The van der Waals surface area contributed by atoms with Crippen molar-refractivity contribution in [3.63, 3.8) is 0 Å². The van der Waals surface area contributed by atoms with Crippen molar-refractivity contribution in [2.75, 3.05) is 11.9 Å². The molecule has 2 atom stereocenters. The number of anilines is 1. The summed E-state index contributed by atoms with van der Waals surface area (Å²) in [6.45, 7) is 2.32. The molecule has 5 rings (SSSR count). The number of fused-ring (bicyclic) bond motifs is 2. The minimum atomic E-state index is -0.568. The maximum absolute atomic E-state index is 6.44. The smallest absolute Gasteiger partial charge is 0.196 e. The Balaban J connectivity index is 1.60. The van der Waals surface area contributed by atoms with E-state index < -0.39 is 11.9 Å². The van der Waals surface area contributed by atoms with Gasteiger partial charge in [-0.2, -0.15) is 0 Å². The molecule has 124 valence electrons. The van der Waals surface area contributed by atoms with Crippen molar-refractivity contribution in [1.29, 1.82) is 0 Å². The van der Waals surface area contributed by atoms with Gasteiger partial charge in [0.05, 0.1) is 18.1 Å². The van der Waals surface area contributed by atoms with E-state index in [1.807, 2.05) is 17.6 Å². The fourth-order valence-electron chi connectivity index (χ4n) is 3.71. The lowest BCUT2D eigenvalue weighted by atomic mass is 9.71. The highest BCUT2D eigenvalue weighted by molar-refractivity contribution is 5.93. The highest BCUT2D eigenvalue weighted by Gasteiger charge is 2.68. The number of guanidine groups is 1. The van der Waals surface area contributed by atoms with E-state index in [1.54, 1.807) is 12.6 Å². The summed E-state index contributed by atoms with van der Waals surface area (Å²) in [5.41, 5.74) is 17.9. The fraction of sp³-hybridized carbons (Fsp3) is 0.571. The van der Waals surface area contributed by atoms with Crippen LogP contribution in [0.25, 0.3) is 0 Å². The van der Waals surface area contributed by atoms with Gasteiger partial charge in [-0.3, -0.25) is 4.57 Å². The first kappa shape index (κ1) is 14.5. The number of hydrogen-bond acceptors (Lipinski definition) is 8. The number of hydrogen-bond donors (Lipinski definition) is 4. The number of rotatable bonds is 4. The molecule has 4 heterocycles. The van der Waals surface area contributed by atoms with Crippen LogP contribution in [0.5, 0.6) is 0 Å². The van der Waals surface area contributed by atoms with E-state index in [0.29, 0.717) is 25.1 Å². The molecule has 1 unspecified atom stereocenters. The summed E-state index contributed by atoms with van der Waals surface area (Å²) in [5.74, 6) is 0.995. The second-order valence-electron chi connectivity index (χ2n) is 6.37. The minimum Gasteiger partial charge on any atom is -0.499 e. The lowest BCUT2D eigenvalue weighted by Crippen LogP contribution is -2.58. The summed E-state index contributed by atoms with van der Waals surface area (Å²) in [6.07, 6.45) is 5.84. The van der Waals surface area contributed by atoms with Crippen LogP contribution in [0.3, 0.4) is 0 Å². The van der Waals surface area contributed by atoms with E-state index in [9.17, 15) is 0 Å². The van der Waals surface area contributed by atoms with Crippen LogP contribution in [0.4, 0.5) is 5.82 Å². The number of nitrogens with two attached hydrogens (primary N) is 3. The normalized spacial score (nSPS) is 38.0. The standard InChI is InChI=1S/C14H21N7O2/c1-2-3-22-4-8-13(17)5-14(6-13,23-8)21-7-18-9-10(15)19-12(16)20-11(9)21/h2-3,7-8,10H,4-6,15,17H2,1H3,(H3,16,19,20)/b3-2+/t8-,10?,13?,14?/m1/s1. The molecule has 7 N–H and O–H groups in total. The monoisotopic (exact) mass is 319 g/mol. The summed E-state index contributed by atoms with van der Waals surface area (Å²) in [4.78, 5) is 8.43. The van der Waals surface area contributed by atoms with Crippen LogP contribution in [0.15, 0.2) is 23.7 Å². The van der Waals surface area contributed by atoms with Gasteiger partial charge in [0.1, 0.15) is 30.4 Å². The van der Waals surface area contributed by atoms with E-state index in [2.05, 4.69) is 15.3 Å². The summed E-state index contributed by atoms with van der Waals surface area (Å²) in [5, 5.41) is 3.03.